The van der Waals surface area contributed by atoms with Crippen molar-refractivity contribution in [1.82, 2.24) is 4.98 Å². The molecule has 1 aromatic heterocycles. The second-order valence-electron chi connectivity index (χ2n) is 2.74. The molecule has 0 amide bonds. The summed E-state index contributed by atoms with van der Waals surface area (Å²) < 4.78 is 23.5. The summed E-state index contributed by atoms with van der Waals surface area (Å²) in [4.78, 5) is 13.4. The Morgan fingerprint density at radius 3 is 2.69 bits per heavy atom. The van der Waals surface area contributed by atoms with Crippen molar-refractivity contribution < 1.29 is 13.3 Å². The molecule has 0 bridgehead atoms. The van der Waals surface area contributed by atoms with Crippen LogP contribution in [0.1, 0.15) is 0 Å². The van der Waals surface area contributed by atoms with E-state index in [1.54, 1.807) is 0 Å². The first kappa shape index (κ1) is 13.3. The molecule has 0 N–H and O–H groups in total. The molecule has 6 nitrogen and oxygen atoms in total. The second-order valence-corrected chi connectivity index (χ2v) is 6.06. The highest BCUT2D eigenvalue weighted by molar-refractivity contribution is 9.10. The molecular formula is C7H6BrClN2O4S. The Hall–Kier alpha value is -0.730. The smallest absolute Gasteiger partial charge is 0.258 e. The zero-order valence-corrected chi connectivity index (χ0v) is 10.9. The third-order valence-corrected chi connectivity index (χ3v) is 4.13. The molecule has 0 saturated carbocycles. The maximum atomic E-state index is 11.6. The molecule has 88 valence electrons. The van der Waals surface area contributed by atoms with Gasteiger partial charge < -0.3 is 0 Å². The lowest BCUT2D eigenvalue weighted by Crippen LogP contribution is -2.12. The number of hydrogen-bond donors (Lipinski definition) is 0. The molecule has 0 saturated heterocycles. The van der Waals surface area contributed by atoms with E-state index in [1.807, 2.05) is 0 Å². The van der Waals surface area contributed by atoms with E-state index in [0.717, 1.165) is 6.07 Å². The molecule has 0 radical (unpaired) electrons. The molecule has 0 spiro atoms. The maximum Gasteiger partial charge on any atom is 0.307 e. The highest BCUT2D eigenvalue weighted by Gasteiger charge is 2.27. The molecule has 0 aromatic carbocycles. The quantitative estimate of drug-likeness (QED) is 0.477. The van der Waals surface area contributed by atoms with Gasteiger partial charge in [0.05, 0.1) is 10.7 Å². The van der Waals surface area contributed by atoms with Gasteiger partial charge in [0, 0.05) is 22.6 Å². The number of halogens is 2. The van der Waals surface area contributed by atoms with Crippen molar-refractivity contribution in [1.29, 1.82) is 0 Å². The number of alkyl halides is 1. The van der Waals surface area contributed by atoms with Crippen molar-refractivity contribution in [2.24, 2.45) is 0 Å². The van der Waals surface area contributed by atoms with Crippen LogP contribution in [0.2, 0.25) is 0 Å². The van der Waals surface area contributed by atoms with E-state index in [2.05, 4.69) is 20.9 Å². The van der Waals surface area contributed by atoms with Gasteiger partial charge in [0.2, 0.25) is 14.9 Å². The molecule has 0 aliphatic heterocycles. The van der Waals surface area contributed by atoms with Gasteiger partial charge in [-0.3, -0.25) is 10.1 Å². The van der Waals surface area contributed by atoms with Crippen molar-refractivity contribution in [2.45, 2.75) is 5.03 Å². The fourth-order valence-corrected chi connectivity index (χ4v) is 2.98. The molecule has 0 unspecified atom stereocenters. The van der Waals surface area contributed by atoms with Gasteiger partial charge in [0.1, 0.15) is 0 Å². The Bertz CT molecular complexity index is 519. The third kappa shape index (κ3) is 2.89. The standard InChI is InChI=1S/C7H6BrClN2O4S/c8-5-3-6(11(12)13)7(10-4-5)16(14,15)2-1-9/h3-4H,1-2H2. The minimum Gasteiger partial charge on any atom is -0.258 e. The normalized spacial score (nSPS) is 11.4. The summed E-state index contributed by atoms with van der Waals surface area (Å²) in [6, 6.07) is 1.09. The van der Waals surface area contributed by atoms with Crippen molar-refractivity contribution in [3.05, 3.63) is 26.9 Å². The lowest BCUT2D eigenvalue weighted by atomic mass is 10.4. The lowest BCUT2D eigenvalue weighted by Gasteiger charge is -2.02. The first-order chi connectivity index (χ1) is 7.38. The Morgan fingerprint density at radius 1 is 1.56 bits per heavy atom. The molecule has 1 rings (SSSR count). The number of nitrogens with zero attached hydrogens (tertiary/aromatic N) is 2. The van der Waals surface area contributed by atoms with Crippen molar-refractivity contribution in [3.8, 4) is 0 Å². The van der Waals surface area contributed by atoms with Crippen LogP contribution < -0.4 is 0 Å². The fourth-order valence-electron chi connectivity index (χ4n) is 0.985. The lowest BCUT2D eigenvalue weighted by molar-refractivity contribution is -0.388. The van der Waals surface area contributed by atoms with E-state index >= 15 is 0 Å². The van der Waals surface area contributed by atoms with Gasteiger partial charge >= 0.3 is 5.69 Å². The number of hydrogen-bond acceptors (Lipinski definition) is 5. The Labute approximate surface area is 105 Å². The third-order valence-electron chi connectivity index (χ3n) is 1.64. The average Bonchev–Trinajstić information content (AvgIpc) is 2.16. The molecule has 0 aliphatic carbocycles. The molecule has 1 aromatic rings. The predicted molar refractivity (Wildman–Crippen MR) is 61.4 cm³/mol. The number of nitro groups is 1. The van der Waals surface area contributed by atoms with Gasteiger partial charge in [-0.1, -0.05) is 0 Å². The number of sulfone groups is 1. The van der Waals surface area contributed by atoms with Crippen LogP contribution in [0, 0.1) is 10.1 Å². The summed E-state index contributed by atoms with van der Waals surface area (Å²) in [5, 5.41) is 10.1. The highest BCUT2D eigenvalue weighted by atomic mass is 79.9. The number of pyridine rings is 1. The molecule has 0 fully saturated rings. The van der Waals surface area contributed by atoms with Crippen LogP contribution in [-0.4, -0.2) is 30.0 Å². The minimum absolute atomic E-state index is 0.142. The van der Waals surface area contributed by atoms with E-state index in [9.17, 15) is 18.5 Å². The zero-order chi connectivity index (χ0) is 12.3. The largest absolute Gasteiger partial charge is 0.307 e. The SMILES string of the molecule is O=[N+]([O-])c1cc(Br)cnc1S(=O)(=O)CCCl. The molecule has 0 aliphatic rings. The van der Waals surface area contributed by atoms with E-state index in [0.29, 0.717) is 4.47 Å². The molecular weight excluding hydrogens is 324 g/mol. The fraction of sp³-hybridized carbons (Fsp3) is 0.286. The van der Waals surface area contributed by atoms with Crippen LogP contribution in [0.15, 0.2) is 21.8 Å². The van der Waals surface area contributed by atoms with Gasteiger partial charge in [-0.2, -0.15) is 0 Å². The van der Waals surface area contributed by atoms with Gasteiger partial charge in [0.25, 0.3) is 0 Å². The van der Waals surface area contributed by atoms with Crippen molar-refractivity contribution >= 4 is 43.1 Å². The van der Waals surface area contributed by atoms with Crippen LogP contribution in [0.3, 0.4) is 0 Å². The first-order valence-electron chi connectivity index (χ1n) is 3.97. The molecule has 16 heavy (non-hydrogen) atoms. The molecule has 1 heterocycles. The summed E-state index contributed by atoms with van der Waals surface area (Å²) in [6.45, 7) is 0. The Morgan fingerprint density at radius 2 is 2.19 bits per heavy atom. The van der Waals surface area contributed by atoms with Crippen LogP contribution in [0.25, 0.3) is 0 Å². The summed E-state index contributed by atoms with van der Waals surface area (Å²) in [5.41, 5.74) is -0.556. The van der Waals surface area contributed by atoms with E-state index in [-0.39, 0.29) is 11.6 Å². The van der Waals surface area contributed by atoms with Crippen LogP contribution in [0.5, 0.6) is 0 Å². The number of aromatic nitrogens is 1. The zero-order valence-electron chi connectivity index (χ0n) is 7.76. The topological polar surface area (TPSA) is 90.2 Å². The summed E-state index contributed by atoms with van der Waals surface area (Å²) >= 11 is 8.30. The first-order valence-corrected chi connectivity index (χ1v) is 6.95. The van der Waals surface area contributed by atoms with Crippen LogP contribution in [0.4, 0.5) is 5.69 Å². The summed E-state index contributed by atoms with van der Waals surface area (Å²) in [7, 11) is -3.81. The van der Waals surface area contributed by atoms with Crippen LogP contribution in [-0.2, 0) is 9.84 Å². The van der Waals surface area contributed by atoms with E-state index in [1.165, 1.54) is 6.20 Å². The van der Waals surface area contributed by atoms with E-state index in [4.69, 9.17) is 11.6 Å². The molecule has 9 heteroatoms. The Balaban J connectivity index is 3.39. The second kappa shape index (κ2) is 5.07. The monoisotopic (exact) mass is 328 g/mol. The Kier molecular flexibility index (Phi) is 4.22. The minimum atomic E-state index is -3.81. The predicted octanol–water partition coefficient (Wildman–Crippen LogP) is 1.76. The summed E-state index contributed by atoms with van der Waals surface area (Å²) in [5.74, 6) is -0.527. The van der Waals surface area contributed by atoms with Crippen LogP contribution >= 0.6 is 27.5 Å². The van der Waals surface area contributed by atoms with Crippen molar-refractivity contribution in [3.63, 3.8) is 0 Å². The maximum absolute atomic E-state index is 11.6. The molecule has 0 atom stereocenters. The van der Waals surface area contributed by atoms with Gasteiger partial charge in [0.15, 0.2) is 0 Å². The highest BCUT2D eigenvalue weighted by Crippen LogP contribution is 2.25. The van der Waals surface area contributed by atoms with Crippen molar-refractivity contribution in [2.75, 3.05) is 11.6 Å². The van der Waals surface area contributed by atoms with Gasteiger partial charge in [-0.15, -0.1) is 11.6 Å². The van der Waals surface area contributed by atoms with E-state index < -0.39 is 25.5 Å². The average molecular weight is 330 g/mol. The van der Waals surface area contributed by atoms with Gasteiger partial charge in [-0.05, 0) is 15.9 Å². The number of rotatable bonds is 4. The van der Waals surface area contributed by atoms with Gasteiger partial charge in [-0.25, -0.2) is 13.4 Å². The summed E-state index contributed by atoms with van der Waals surface area (Å²) in [6.07, 6.45) is 1.19.